The highest BCUT2D eigenvalue weighted by atomic mass is 32.1. The maximum absolute atomic E-state index is 4.24. The Morgan fingerprint density at radius 1 is 1.36 bits per heavy atom. The van der Waals surface area contributed by atoms with Gasteiger partial charge in [-0.2, -0.15) is 0 Å². The van der Waals surface area contributed by atoms with Gasteiger partial charge >= 0.3 is 0 Å². The second-order valence-corrected chi connectivity index (χ2v) is 3.93. The molecule has 72 valence electrons. The van der Waals surface area contributed by atoms with Crippen LogP contribution in [0.5, 0.6) is 0 Å². The van der Waals surface area contributed by atoms with Crippen LogP contribution in [-0.4, -0.2) is 9.97 Å². The molecule has 0 aliphatic rings. The molecule has 4 heteroatoms. The average Bonchev–Trinajstić information content (AvgIpc) is 2.69. The molecule has 0 saturated carbocycles. The van der Waals surface area contributed by atoms with Gasteiger partial charge in [-0.3, -0.25) is 0 Å². The van der Waals surface area contributed by atoms with Gasteiger partial charge in [0.15, 0.2) is 0 Å². The number of rotatable bonds is 3. The highest BCUT2D eigenvalue weighted by Gasteiger charge is 1.98. The molecular weight excluding hydrogens is 194 g/mol. The molecule has 0 fully saturated rings. The van der Waals surface area contributed by atoms with Crippen LogP contribution in [-0.2, 0) is 6.54 Å². The van der Waals surface area contributed by atoms with Gasteiger partial charge < -0.3 is 5.32 Å². The van der Waals surface area contributed by atoms with Crippen LogP contribution >= 0.6 is 11.3 Å². The zero-order valence-corrected chi connectivity index (χ0v) is 8.71. The highest BCUT2D eigenvalue weighted by Crippen LogP contribution is 2.11. The SMILES string of the molecule is Cc1cccnc1NCc1nccs1. The van der Waals surface area contributed by atoms with E-state index in [4.69, 9.17) is 0 Å². The van der Waals surface area contributed by atoms with Crippen molar-refractivity contribution in [2.45, 2.75) is 13.5 Å². The van der Waals surface area contributed by atoms with Gasteiger partial charge in [0, 0.05) is 17.8 Å². The monoisotopic (exact) mass is 205 g/mol. The first-order chi connectivity index (χ1) is 6.86. The van der Waals surface area contributed by atoms with E-state index in [9.17, 15) is 0 Å². The van der Waals surface area contributed by atoms with Crippen molar-refractivity contribution in [3.63, 3.8) is 0 Å². The first-order valence-electron chi connectivity index (χ1n) is 4.40. The van der Waals surface area contributed by atoms with Crippen LogP contribution < -0.4 is 5.32 Å². The summed E-state index contributed by atoms with van der Waals surface area (Å²) in [5.74, 6) is 0.933. The molecule has 2 aromatic heterocycles. The normalized spacial score (nSPS) is 10.1. The molecule has 0 aliphatic carbocycles. The number of nitrogens with one attached hydrogen (secondary N) is 1. The quantitative estimate of drug-likeness (QED) is 0.836. The number of nitrogens with zero attached hydrogens (tertiary/aromatic N) is 2. The Kier molecular flexibility index (Phi) is 2.74. The lowest BCUT2D eigenvalue weighted by molar-refractivity contribution is 1.07. The number of aromatic nitrogens is 2. The number of aryl methyl sites for hydroxylation is 1. The maximum atomic E-state index is 4.24. The predicted molar refractivity (Wildman–Crippen MR) is 58.4 cm³/mol. The van der Waals surface area contributed by atoms with E-state index in [-0.39, 0.29) is 0 Å². The Bertz CT molecular complexity index is 398. The van der Waals surface area contributed by atoms with E-state index in [1.54, 1.807) is 17.5 Å². The van der Waals surface area contributed by atoms with Crippen molar-refractivity contribution in [2.75, 3.05) is 5.32 Å². The number of thiazole rings is 1. The van der Waals surface area contributed by atoms with Crippen molar-refractivity contribution < 1.29 is 0 Å². The largest absolute Gasteiger partial charge is 0.363 e. The Balaban J connectivity index is 2.02. The summed E-state index contributed by atoms with van der Waals surface area (Å²) in [6.07, 6.45) is 3.60. The summed E-state index contributed by atoms with van der Waals surface area (Å²) in [5.41, 5.74) is 1.16. The Morgan fingerprint density at radius 2 is 2.29 bits per heavy atom. The molecule has 0 bridgehead atoms. The molecule has 0 aliphatic heterocycles. The number of hydrogen-bond donors (Lipinski definition) is 1. The average molecular weight is 205 g/mol. The summed E-state index contributed by atoms with van der Waals surface area (Å²) in [4.78, 5) is 8.43. The van der Waals surface area contributed by atoms with Crippen molar-refractivity contribution in [2.24, 2.45) is 0 Å². The van der Waals surface area contributed by atoms with E-state index in [1.165, 1.54) is 0 Å². The molecule has 14 heavy (non-hydrogen) atoms. The summed E-state index contributed by atoms with van der Waals surface area (Å²) in [6, 6.07) is 3.97. The zero-order valence-electron chi connectivity index (χ0n) is 7.90. The van der Waals surface area contributed by atoms with Crippen LogP contribution in [0, 0.1) is 6.92 Å². The van der Waals surface area contributed by atoms with Gasteiger partial charge in [0.25, 0.3) is 0 Å². The van der Waals surface area contributed by atoms with Crippen LogP contribution in [0.1, 0.15) is 10.6 Å². The van der Waals surface area contributed by atoms with Crippen LogP contribution in [0.3, 0.4) is 0 Å². The van der Waals surface area contributed by atoms with Gasteiger partial charge in [-0.25, -0.2) is 9.97 Å². The van der Waals surface area contributed by atoms with Crippen molar-refractivity contribution in [3.05, 3.63) is 40.5 Å². The highest BCUT2D eigenvalue weighted by molar-refractivity contribution is 7.09. The molecule has 1 N–H and O–H groups in total. The zero-order chi connectivity index (χ0) is 9.80. The second-order valence-electron chi connectivity index (χ2n) is 2.95. The Hall–Kier alpha value is -1.42. The van der Waals surface area contributed by atoms with Gasteiger partial charge in [0.2, 0.25) is 0 Å². The molecule has 2 aromatic rings. The van der Waals surface area contributed by atoms with E-state index in [0.29, 0.717) is 0 Å². The molecule has 0 unspecified atom stereocenters. The van der Waals surface area contributed by atoms with Crippen molar-refractivity contribution in [1.82, 2.24) is 9.97 Å². The molecule has 0 radical (unpaired) electrons. The fraction of sp³-hybridized carbons (Fsp3) is 0.200. The second kappa shape index (κ2) is 4.19. The Labute approximate surface area is 86.8 Å². The summed E-state index contributed by atoms with van der Waals surface area (Å²) in [6.45, 7) is 2.78. The minimum Gasteiger partial charge on any atom is -0.363 e. The van der Waals surface area contributed by atoms with Crippen molar-refractivity contribution in [3.8, 4) is 0 Å². The molecule has 2 rings (SSSR count). The van der Waals surface area contributed by atoms with Crippen LogP contribution in [0.25, 0.3) is 0 Å². The summed E-state index contributed by atoms with van der Waals surface area (Å²) in [7, 11) is 0. The molecule has 2 heterocycles. The van der Waals surface area contributed by atoms with Gasteiger partial charge in [0.1, 0.15) is 10.8 Å². The van der Waals surface area contributed by atoms with E-state index >= 15 is 0 Å². The third-order valence-electron chi connectivity index (χ3n) is 1.90. The van der Waals surface area contributed by atoms with Gasteiger partial charge in [-0.1, -0.05) is 6.07 Å². The molecule has 3 nitrogen and oxygen atoms in total. The lowest BCUT2D eigenvalue weighted by Crippen LogP contribution is -2.02. The lowest BCUT2D eigenvalue weighted by Gasteiger charge is -2.05. The van der Waals surface area contributed by atoms with E-state index < -0.39 is 0 Å². The minimum atomic E-state index is 0.746. The summed E-state index contributed by atoms with van der Waals surface area (Å²) in [5, 5.41) is 6.31. The smallest absolute Gasteiger partial charge is 0.129 e. The van der Waals surface area contributed by atoms with Crippen LogP contribution in [0.4, 0.5) is 5.82 Å². The van der Waals surface area contributed by atoms with Gasteiger partial charge in [0.05, 0.1) is 6.54 Å². The fourth-order valence-corrected chi connectivity index (χ4v) is 1.73. The molecule has 0 spiro atoms. The summed E-state index contributed by atoms with van der Waals surface area (Å²) < 4.78 is 0. The first-order valence-corrected chi connectivity index (χ1v) is 5.28. The summed E-state index contributed by atoms with van der Waals surface area (Å²) >= 11 is 1.65. The molecular formula is C10H11N3S. The number of pyridine rings is 1. The Morgan fingerprint density at radius 3 is 3.00 bits per heavy atom. The van der Waals surface area contributed by atoms with Gasteiger partial charge in [-0.15, -0.1) is 11.3 Å². The number of hydrogen-bond acceptors (Lipinski definition) is 4. The molecule has 0 atom stereocenters. The van der Waals surface area contributed by atoms with Crippen molar-refractivity contribution >= 4 is 17.2 Å². The topological polar surface area (TPSA) is 37.8 Å². The molecule has 0 saturated heterocycles. The predicted octanol–water partition coefficient (Wildman–Crippen LogP) is 2.46. The van der Waals surface area contributed by atoms with E-state index in [1.807, 2.05) is 30.6 Å². The van der Waals surface area contributed by atoms with Gasteiger partial charge in [-0.05, 0) is 18.6 Å². The van der Waals surface area contributed by atoms with Crippen molar-refractivity contribution in [1.29, 1.82) is 0 Å². The van der Waals surface area contributed by atoms with Crippen LogP contribution in [0.2, 0.25) is 0 Å². The standard InChI is InChI=1S/C10H11N3S/c1-8-3-2-4-12-10(8)13-7-9-11-5-6-14-9/h2-6H,7H2,1H3,(H,12,13). The molecule has 0 amide bonds. The minimum absolute atomic E-state index is 0.746. The fourth-order valence-electron chi connectivity index (χ4n) is 1.17. The first kappa shape index (κ1) is 9.15. The molecule has 0 aromatic carbocycles. The number of anilines is 1. The third kappa shape index (κ3) is 2.09. The van der Waals surface area contributed by atoms with E-state index in [0.717, 1.165) is 22.9 Å². The maximum Gasteiger partial charge on any atom is 0.129 e. The lowest BCUT2D eigenvalue weighted by atomic mass is 10.3. The third-order valence-corrected chi connectivity index (χ3v) is 2.68. The van der Waals surface area contributed by atoms with E-state index in [2.05, 4.69) is 15.3 Å². The van der Waals surface area contributed by atoms with Crippen LogP contribution in [0.15, 0.2) is 29.9 Å².